The molecule has 1 aliphatic rings. The maximum atomic E-state index is 12.2. The molecule has 0 unspecified atom stereocenters. The number of nitrogens with zero attached hydrogens (tertiary/aromatic N) is 1. The summed E-state index contributed by atoms with van der Waals surface area (Å²) in [4.78, 5) is 28.0. The van der Waals surface area contributed by atoms with Gasteiger partial charge in [0.25, 0.3) is 11.8 Å². The van der Waals surface area contributed by atoms with Crippen LogP contribution in [0.5, 0.6) is 0 Å². The van der Waals surface area contributed by atoms with Crippen molar-refractivity contribution in [2.45, 2.75) is 36.0 Å². The summed E-state index contributed by atoms with van der Waals surface area (Å²) in [5.41, 5.74) is 0.990. The number of amides is 2. The fourth-order valence-corrected chi connectivity index (χ4v) is 5.96. The Kier molecular flexibility index (Phi) is 11.8. The molecule has 0 bridgehead atoms. The molecule has 36 heavy (non-hydrogen) atoms. The van der Waals surface area contributed by atoms with Crippen molar-refractivity contribution < 1.29 is 9.59 Å². The molecular formula is C27H25Cl4NO2S2. The normalized spacial score (nSPS) is 12.4. The summed E-state index contributed by atoms with van der Waals surface area (Å²) >= 11 is 27.0. The Morgan fingerprint density at radius 2 is 1.14 bits per heavy atom. The third kappa shape index (κ3) is 8.08. The number of rotatable bonds is 9. The molecular weight excluding hydrogens is 576 g/mol. The van der Waals surface area contributed by atoms with E-state index >= 15 is 0 Å². The van der Waals surface area contributed by atoms with Gasteiger partial charge >= 0.3 is 0 Å². The first kappa shape index (κ1) is 29.2. The van der Waals surface area contributed by atoms with Crippen molar-refractivity contribution in [3.8, 4) is 0 Å². The van der Waals surface area contributed by atoms with Gasteiger partial charge < -0.3 is 0 Å². The molecule has 0 atom stereocenters. The van der Waals surface area contributed by atoms with Gasteiger partial charge in [0.2, 0.25) is 0 Å². The lowest BCUT2D eigenvalue weighted by Crippen LogP contribution is -2.30. The van der Waals surface area contributed by atoms with E-state index in [1.807, 2.05) is 42.1 Å². The third-order valence-corrected chi connectivity index (χ3v) is 8.86. The van der Waals surface area contributed by atoms with E-state index in [1.165, 1.54) is 22.6 Å². The molecule has 3 aromatic rings. The van der Waals surface area contributed by atoms with Gasteiger partial charge in [-0.3, -0.25) is 14.5 Å². The van der Waals surface area contributed by atoms with Crippen LogP contribution in [0.3, 0.4) is 0 Å². The summed E-state index contributed by atoms with van der Waals surface area (Å²) in [6, 6.07) is 18.2. The minimum atomic E-state index is -0.204. The summed E-state index contributed by atoms with van der Waals surface area (Å²) in [5, 5.41) is 2.32. The first-order valence-electron chi connectivity index (χ1n) is 11.4. The fourth-order valence-electron chi connectivity index (χ4n) is 3.32. The number of imide groups is 1. The van der Waals surface area contributed by atoms with E-state index in [2.05, 4.69) is 6.92 Å². The van der Waals surface area contributed by atoms with Crippen molar-refractivity contribution in [3.63, 3.8) is 0 Å². The summed E-state index contributed by atoms with van der Waals surface area (Å²) < 4.78 is 0. The van der Waals surface area contributed by atoms with Crippen LogP contribution in [0.2, 0.25) is 20.1 Å². The molecule has 3 nitrogen and oxygen atoms in total. The van der Waals surface area contributed by atoms with Crippen LogP contribution in [0.1, 0.15) is 46.9 Å². The van der Waals surface area contributed by atoms with Crippen LogP contribution in [0.25, 0.3) is 0 Å². The minimum absolute atomic E-state index is 0.204. The number of carbonyl (C=O) groups is 2. The second-order valence-electron chi connectivity index (χ2n) is 7.86. The van der Waals surface area contributed by atoms with E-state index in [4.69, 9.17) is 46.4 Å². The summed E-state index contributed by atoms with van der Waals surface area (Å²) in [5.74, 6) is 1.52. The van der Waals surface area contributed by atoms with Crippen LogP contribution in [0.15, 0.2) is 70.5 Å². The smallest absolute Gasteiger partial charge is 0.261 e. The summed E-state index contributed by atoms with van der Waals surface area (Å²) in [6.07, 6.45) is 3.19. The monoisotopic (exact) mass is 599 g/mol. The average Bonchev–Trinajstić information content (AvgIpc) is 3.11. The number of unbranched alkanes of at least 4 members (excludes halogenated alkanes) is 1. The fraction of sp³-hybridized carbons (Fsp3) is 0.259. The Hall–Kier alpha value is -1.34. The Morgan fingerprint density at radius 1 is 0.667 bits per heavy atom. The van der Waals surface area contributed by atoms with E-state index in [1.54, 1.807) is 42.1 Å². The Balaban J connectivity index is 0.000000236. The number of benzene rings is 3. The van der Waals surface area contributed by atoms with Crippen molar-refractivity contribution >= 4 is 81.7 Å². The zero-order valence-electron chi connectivity index (χ0n) is 19.6. The highest BCUT2D eigenvalue weighted by atomic mass is 35.5. The molecule has 1 heterocycles. The highest BCUT2D eigenvalue weighted by molar-refractivity contribution is 7.99. The van der Waals surface area contributed by atoms with E-state index in [-0.39, 0.29) is 11.8 Å². The van der Waals surface area contributed by atoms with Gasteiger partial charge in [0, 0.05) is 16.3 Å². The van der Waals surface area contributed by atoms with E-state index in [9.17, 15) is 9.59 Å². The lowest BCUT2D eigenvalue weighted by molar-refractivity contribution is 0.0655. The standard InChI is InChI=1S/C17H13Cl2NO2S.C10H12Cl2S/c18-14-7-6-11(10-15(14)19)23-9-3-8-20-16(21)12-4-1-2-5-13(12)17(20)22;1-2-3-6-13-8-4-5-9(11)10(12)7-8/h1-2,4-7,10H,3,8-9H2;4-5,7H,2-3,6H2,1H3. The molecule has 4 rings (SSSR count). The molecule has 0 aliphatic carbocycles. The largest absolute Gasteiger partial charge is 0.274 e. The zero-order chi connectivity index (χ0) is 26.1. The quantitative estimate of drug-likeness (QED) is 0.139. The molecule has 3 aromatic carbocycles. The van der Waals surface area contributed by atoms with Gasteiger partial charge in [-0.15, -0.1) is 23.5 Å². The van der Waals surface area contributed by atoms with E-state index in [0.717, 1.165) is 22.8 Å². The van der Waals surface area contributed by atoms with Gasteiger partial charge in [0.15, 0.2) is 0 Å². The molecule has 0 fully saturated rings. The topological polar surface area (TPSA) is 37.4 Å². The summed E-state index contributed by atoms with van der Waals surface area (Å²) in [6.45, 7) is 2.61. The Labute approximate surface area is 240 Å². The molecule has 0 N–H and O–H groups in total. The van der Waals surface area contributed by atoms with Crippen LogP contribution in [0.4, 0.5) is 0 Å². The minimum Gasteiger partial charge on any atom is -0.274 e. The molecule has 9 heteroatoms. The van der Waals surface area contributed by atoms with Gasteiger partial charge in [-0.2, -0.15) is 0 Å². The molecule has 0 aromatic heterocycles. The molecule has 0 radical (unpaired) electrons. The van der Waals surface area contributed by atoms with Crippen molar-refractivity contribution in [2.24, 2.45) is 0 Å². The number of fused-ring (bicyclic) bond motifs is 1. The van der Waals surface area contributed by atoms with Crippen LogP contribution < -0.4 is 0 Å². The first-order valence-corrected chi connectivity index (χ1v) is 14.9. The highest BCUT2D eigenvalue weighted by Crippen LogP contribution is 2.30. The van der Waals surface area contributed by atoms with Crippen molar-refractivity contribution in [1.29, 1.82) is 0 Å². The van der Waals surface area contributed by atoms with Gasteiger partial charge in [0.05, 0.1) is 31.2 Å². The first-order chi connectivity index (χ1) is 17.3. The second-order valence-corrected chi connectivity index (χ2v) is 11.8. The predicted octanol–water partition coefficient (Wildman–Crippen LogP) is 9.66. The molecule has 1 aliphatic heterocycles. The lowest BCUT2D eigenvalue weighted by Gasteiger charge is -2.13. The van der Waals surface area contributed by atoms with Crippen molar-refractivity contribution in [2.75, 3.05) is 18.1 Å². The Morgan fingerprint density at radius 3 is 1.58 bits per heavy atom. The van der Waals surface area contributed by atoms with Crippen LogP contribution >= 0.6 is 69.9 Å². The van der Waals surface area contributed by atoms with Gasteiger partial charge in [0.1, 0.15) is 0 Å². The molecule has 0 spiro atoms. The molecule has 0 saturated carbocycles. The van der Waals surface area contributed by atoms with Crippen molar-refractivity contribution in [3.05, 3.63) is 91.9 Å². The number of hydrogen-bond acceptors (Lipinski definition) is 4. The molecule has 2 amide bonds. The van der Waals surface area contributed by atoms with Gasteiger partial charge in [-0.1, -0.05) is 71.9 Å². The highest BCUT2D eigenvalue weighted by Gasteiger charge is 2.34. The van der Waals surface area contributed by atoms with E-state index < -0.39 is 0 Å². The van der Waals surface area contributed by atoms with Gasteiger partial charge in [-0.25, -0.2) is 0 Å². The maximum Gasteiger partial charge on any atom is 0.261 e. The SMILES string of the molecule is CCCCSc1ccc(Cl)c(Cl)c1.O=C1c2ccccc2C(=O)N1CCCSc1ccc(Cl)c(Cl)c1. The Bertz CT molecular complexity index is 1190. The molecule has 0 saturated heterocycles. The van der Waals surface area contributed by atoms with Gasteiger partial charge in [-0.05, 0) is 72.9 Å². The predicted molar refractivity (Wildman–Crippen MR) is 156 cm³/mol. The summed E-state index contributed by atoms with van der Waals surface area (Å²) in [7, 11) is 0. The number of carbonyl (C=O) groups excluding carboxylic acids is 2. The number of hydrogen-bond donors (Lipinski definition) is 0. The average molecular weight is 601 g/mol. The number of halogens is 4. The molecule has 190 valence electrons. The van der Waals surface area contributed by atoms with Crippen LogP contribution in [0, 0.1) is 0 Å². The van der Waals surface area contributed by atoms with Crippen LogP contribution in [-0.4, -0.2) is 34.8 Å². The lowest BCUT2D eigenvalue weighted by atomic mass is 10.1. The third-order valence-electron chi connectivity index (χ3n) is 5.22. The second kappa shape index (κ2) is 14.6. The van der Waals surface area contributed by atoms with E-state index in [0.29, 0.717) is 37.8 Å². The number of thioether (sulfide) groups is 2. The van der Waals surface area contributed by atoms with Crippen LogP contribution in [-0.2, 0) is 0 Å². The van der Waals surface area contributed by atoms with Crippen molar-refractivity contribution in [1.82, 2.24) is 4.90 Å². The maximum absolute atomic E-state index is 12.2. The zero-order valence-corrected chi connectivity index (χ0v) is 24.3.